The van der Waals surface area contributed by atoms with Crippen molar-refractivity contribution < 1.29 is 14.2 Å². The third kappa shape index (κ3) is 6.78. The highest BCUT2D eigenvalue weighted by atomic mass is 16.5. The molecule has 0 aliphatic heterocycles. The summed E-state index contributed by atoms with van der Waals surface area (Å²) in [6.45, 7) is 5.97. The predicted molar refractivity (Wildman–Crippen MR) is 139 cm³/mol. The van der Waals surface area contributed by atoms with Crippen LogP contribution in [0.25, 0.3) is 10.9 Å². The molecule has 0 amide bonds. The highest BCUT2D eigenvalue weighted by molar-refractivity contribution is 5.89. The van der Waals surface area contributed by atoms with Gasteiger partial charge in [0.15, 0.2) is 5.75 Å². The van der Waals surface area contributed by atoms with E-state index < -0.39 is 0 Å². The number of nitrogens with zero attached hydrogens (tertiary/aromatic N) is 1. The first-order chi connectivity index (χ1) is 16.7. The molecule has 0 aliphatic carbocycles. The van der Waals surface area contributed by atoms with Crippen LogP contribution in [0.1, 0.15) is 70.8 Å². The number of ether oxygens (including phenoxy) is 3. The normalized spacial score (nSPS) is 11.0. The molecule has 0 unspecified atom stereocenters. The molecule has 5 heteroatoms. The number of methoxy groups -OCH3 is 1. The van der Waals surface area contributed by atoms with E-state index in [4.69, 9.17) is 14.2 Å². The number of rotatable bonds is 15. The standard InChI is InChI=1S/C29H39NO4/c1-4-6-8-9-10-14-20-33-28-27(32-3)25-18-17-24(34-22-23-15-12-11-13-16-23)21-26(25)30(29(28)31)19-7-5-2/h11-13,15-18,21H,4-10,14,19-20,22H2,1-3H3. The molecular formula is C29H39NO4. The maximum atomic E-state index is 13.5. The predicted octanol–water partition coefficient (Wildman–Crippen LogP) is 7.13. The Balaban J connectivity index is 1.85. The molecule has 3 aromatic rings. The summed E-state index contributed by atoms with van der Waals surface area (Å²) in [4.78, 5) is 13.5. The first kappa shape index (κ1) is 25.7. The zero-order chi connectivity index (χ0) is 24.2. The van der Waals surface area contributed by atoms with Gasteiger partial charge in [-0.2, -0.15) is 0 Å². The van der Waals surface area contributed by atoms with E-state index in [-0.39, 0.29) is 5.56 Å². The van der Waals surface area contributed by atoms with Crippen molar-refractivity contribution >= 4 is 10.9 Å². The highest BCUT2D eigenvalue weighted by Crippen LogP contribution is 2.35. The van der Waals surface area contributed by atoms with E-state index in [0.29, 0.717) is 31.3 Å². The highest BCUT2D eigenvalue weighted by Gasteiger charge is 2.19. The summed E-state index contributed by atoms with van der Waals surface area (Å²) < 4.78 is 19.6. The van der Waals surface area contributed by atoms with Crippen LogP contribution in [0.15, 0.2) is 53.3 Å². The molecule has 0 radical (unpaired) electrons. The largest absolute Gasteiger partial charge is 0.492 e. The lowest BCUT2D eigenvalue weighted by Crippen LogP contribution is -2.24. The van der Waals surface area contributed by atoms with Crippen molar-refractivity contribution in [1.82, 2.24) is 4.57 Å². The van der Waals surface area contributed by atoms with E-state index in [1.807, 2.05) is 53.1 Å². The van der Waals surface area contributed by atoms with Crippen LogP contribution in [0.3, 0.4) is 0 Å². The van der Waals surface area contributed by atoms with Crippen LogP contribution in [0.5, 0.6) is 17.2 Å². The Hall–Kier alpha value is -2.95. The smallest absolute Gasteiger partial charge is 0.297 e. The van der Waals surface area contributed by atoms with Crippen LogP contribution in [-0.2, 0) is 13.2 Å². The summed E-state index contributed by atoms with van der Waals surface area (Å²) in [5.41, 5.74) is 1.78. The van der Waals surface area contributed by atoms with E-state index in [9.17, 15) is 4.79 Å². The lowest BCUT2D eigenvalue weighted by molar-refractivity contribution is 0.279. The Kier molecular flexibility index (Phi) is 10.3. The van der Waals surface area contributed by atoms with Crippen molar-refractivity contribution in [2.24, 2.45) is 0 Å². The number of aromatic nitrogens is 1. The summed E-state index contributed by atoms with van der Waals surface area (Å²) >= 11 is 0. The number of hydrogen-bond acceptors (Lipinski definition) is 4. The van der Waals surface area contributed by atoms with Gasteiger partial charge in [0, 0.05) is 18.0 Å². The minimum Gasteiger partial charge on any atom is -0.492 e. The second kappa shape index (κ2) is 13.7. The average molecular weight is 466 g/mol. The molecule has 5 nitrogen and oxygen atoms in total. The van der Waals surface area contributed by atoms with Gasteiger partial charge in [-0.3, -0.25) is 4.79 Å². The van der Waals surface area contributed by atoms with Gasteiger partial charge in [0.1, 0.15) is 12.4 Å². The van der Waals surface area contributed by atoms with Crippen molar-refractivity contribution in [1.29, 1.82) is 0 Å². The third-order valence-corrected chi connectivity index (χ3v) is 6.08. The van der Waals surface area contributed by atoms with Crippen molar-refractivity contribution in [3.05, 3.63) is 64.4 Å². The molecule has 1 aromatic heterocycles. The van der Waals surface area contributed by atoms with Gasteiger partial charge in [-0.1, -0.05) is 82.7 Å². The SMILES string of the molecule is CCCCCCCCOc1c(OC)c2ccc(OCc3ccccc3)cc2n(CCCC)c1=O. The second-order valence-electron chi connectivity index (χ2n) is 8.74. The van der Waals surface area contributed by atoms with Gasteiger partial charge >= 0.3 is 0 Å². The molecule has 34 heavy (non-hydrogen) atoms. The fourth-order valence-corrected chi connectivity index (χ4v) is 4.13. The van der Waals surface area contributed by atoms with E-state index in [1.165, 1.54) is 25.7 Å². The fourth-order valence-electron chi connectivity index (χ4n) is 4.13. The van der Waals surface area contributed by atoms with Gasteiger partial charge in [0.25, 0.3) is 5.56 Å². The Labute approximate surface area is 203 Å². The number of fused-ring (bicyclic) bond motifs is 1. The van der Waals surface area contributed by atoms with Crippen LogP contribution >= 0.6 is 0 Å². The summed E-state index contributed by atoms with van der Waals surface area (Å²) in [6, 6.07) is 15.9. The summed E-state index contributed by atoms with van der Waals surface area (Å²) in [5, 5.41) is 0.864. The van der Waals surface area contributed by atoms with Gasteiger partial charge in [-0.25, -0.2) is 0 Å². The summed E-state index contributed by atoms with van der Waals surface area (Å²) in [6.07, 6.45) is 8.94. The Bertz CT molecular complexity index is 1070. The number of pyridine rings is 1. The van der Waals surface area contributed by atoms with Crippen molar-refractivity contribution in [3.63, 3.8) is 0 Å². The molecule has 0 saturated carbocycles. The third-order valence-electron chi connectivity index (χ3n) is 6.08. The molecule has 0 fully saturated rings. The minimum atomic E-state index is -0.135. The van der Waals surface area contributed by atoms with Crippen LogP contribution in [0.2, 0.25) is 0 Å². The summed E-state index contributed by atoms with van der Waals surface area (Å²) in [7, 11) is 1.60. The molecule has 184 valence electrons. The zero-order valence-corrected chi connectivity index (χ0v) is 21.0. The molecule has 0 aliphatic rings. The monoisotopic (exact) mass is 465 g/mol. The molecule has 0 spiro atoms. The van der Waals surface area contributed by atoms with Gasteiger partial charge in [-0.15, -0.1) is 0 Å². The first-order valence-corrected chi connectivity index (χ1v) is 12.7. The quantitative estimate of drug-likeness (QED) is 0.224. The van der Waals surface area contributed by atoms with E-state index >= 15 is 0 Å². The molecule has 1 heterocycles. The average Bonchev–Trinajstić information content (AvgIpc) is 2.87. The zero-order valence-electron chi connectivity index (χ0n) is 21.0. The Morgan fingerprint density at radius 3 is 2.26 bits per heavy atom. The van der Waals surface area contributed by atoms with Crippen LogP contribution in [0.4, 0.5) is 0 Å². The van der Waals surface area contributed by atoms with E-state index in [2.05, 4.69) is 13.8 Å². The number of benzene rings is 2. The number of unbranched alkanes of at least 4 members (excludes halogenated alkanes) is 6. The lowest BCUT2D eigenvalue weighted by Gasteiger charge is -2.18. The van der Waals surface area contributed by atoms with Crippen molar-refractivity contribution in [3.8, 4) is 17.2 Å². The van der Waals surface area contributed by atoms with E-state index in [1.54, 1.807) is 7.11 Å². The number of aryl methyl sites for hydroxylation is 1. The summed E-state index contributed by atoms with van der Waals surface area (Å²) in [5.74, 6) is 1.55. The molecule has 0 bridgehead atoms. The van der Waals surface area contributed by atoms with Gasteiger partial charge < -0.3 is 18.8 Å². The molecule has 0 atom stereocenters. The lowest BCUT2D eigenvalue weighted by atomic mass is 10.1. The molecule has 3 rings (SSSR count). The Morgan fingerprint density at radius 2 is 1.53 bits per heavy atom. The van der Waals surface area contributed by atoms with Gasteiger partial charge in [0.2, 0.25) is 5.75 Å². The van der Waals surface area contributed by atoms with Gasteiger partial charge in [-0.05, 0) is 30.5 Å². The number of hydrogen-bond donors (Lipinski definition) is 0. The maximum absolute atomic E-state index is 13.5. The van der Waals surface area contributed by atoms with Crippen molar-refractivity contribution in [2.45, 2.75) is 78.4 Å². The molecule has 0 N–H and O–H groups in total. The molecular weight excluding hydrogens is 426 g/mol. The fraction of sp³-hybridized carbons (Fsp3) is 0.483. The topological polar surface area (TPSA) is 49.7 Å². The molecule has 2 aromatic carbocycles. The first-order valence-electron chi connectivity index (χ1n) is 12.7. The minimum absolute atomic E-state index is 0.135. The van der Waals surface area contributed by atoms with Gasteiger partial charge in [0.05, 0.1) is 19.2 Å². The van der Waals surface area contributed by atoms with E-state index in [0.717, 1.165) is 47.9 Å². The van der Waals surface area contributed by atoms with Crippen molar-refractivity contribution in [2.75, 3.05) is 13.7 Å². The Morgan fingerprint density at radius 1 is 0.794 bits per heavy atom. The maximum Gasteiger partial charge on any atom is 0.297 e. The second-order valence-corrected chi connectivity index (χ2v) is 8.74. The van der Waals surface area contributed by atoms with Crippen LogP contribution in [0, 0.1) is 0 Å². The molecule has 0 saturated heterocycles. The van der Waals surface area contributed by atoms with Crippen LogP contribution < -0.4 is 19.8 Å². The van der Waals surface area contributed by atoms with Crippen LogP contribution in [-0.4, -0.2) is 18.3 Å².